The van der Waals surface area contributed by atoms with Crippen molar-refractivity contribution in [2.24, 2.45) is 5.41 Å². The average Bonchev–Trinajstić information content (AvgIpc) is 3.22. The highest BCUT2D eigenvalue weighted by Gasteiger charge is 2.41. The van der Waals surface area contributed by atoms with Crippen molar-refractivity contribution in [1.82, 2.24) is 10.2 Å². The molecule has 2 amide bonds. The second-order valence-electron chi connectivity index (χ2n) is 9.12. The fourth-order valence-corrected chi connectivity index (χ4v) is 6.13. The van der Waals surface area contributed by atoms with Crippen LogP contribution in [0.3, 0.4) is 0 Å². The molecular weight excluding hydrogens is 464 g/mol. The van der Waals surface area contributed by atoms with Crippen LogP contribution in [0.15, 0.2) is 48.5 Å². The monoisotopic (exact) mass is 496 g/mol. The Morgan fingerprint density at radius 2 is 1.66 bits per heavy atom. The molecule has 4 rings (SSSR count). The summed E-state index contributed by atoms with van der Waals surface area (Å²) in [5, 5.41) is 11.6. The smallest absolute Gasteiger partial charge is 0.407 e. The fourth-order valence-electron chi connectivity index (χ4n) is 5.09. The van der Waals surface area contributed by atoms with Gasteiger partial charge in [0.05, 0.1) is 5.41 Å². The van der Waals surface area contributed by atoms with E-state index in [9.17, 15) is 19.5 Å². The molecule has 35 heavy (non-hydrogen) atoms. The third-order valence-electron chi connectivity index (χ3n) is 7.35. The van der Waals surface area contributed by atoms with Crippen LogP contribution in [0.25, 0.3) is 11.1 Å². The number of carboxylic acids is 1. The van der Waals surface area contributed by atoms with E-state index < -0.39 is 22.7 Å². The molecule has 2 N–H and O–H groups in total. The van der Waals surface area contributed by atoms with E-state index in [-0.39, 0.29) is 31.5 Å². The number of amides is 2. The van der Waals surface area contributed by atoms with Crippen molar-refractivity contribution in [2.75, 3.05) is 32.0 Å². The Morgan fingerprint density at radius 1 is 1.06 bits per heavy atom. The number of ether oxygens (including phenoxy) is 1. The van der Waals surface area contributed by atoms with Crippen LogP contribution >= 0.6 is 11.8 Å². The summed E-state index contributed by atoms with van der Waals surface area (Å²) >= 11 is 1.36. The SMILES string of the molecule is CCC(CC)(CNC(=O)OCC1c2ccccc2-c2ccccc21)C(=O)N1CCSC(C(=O)O)C1. The molecule has 8 heteroatoms. The number of benzene rings is 2. The summed E-state index contributed by atoms with van der Waals surface area (Å²) in [5.74, 6) is -0.446. The zero-order valence-corrected chi connectivity index (χ0v) is 21.0. The zero-order valence-electron chi connectivity index (χ0n) is 20.2. The van der Waals surface area contributed by atoms with E-state index in [1.165, 1.54) is 11.8 Å². The van der Waals surface area contributed by atoms with Crippen LogP contribution < -0.4 is 5.32 Å². The summed E-state index contributed by atoms with van der Waals surface area (Å²) in [6.07, 6.45) is 0.518. The summed E-state index contributed by atoms with van der Waals surface area (Å²) in [5.41, 5.74) is 3.82. The highest BCUT2D eigenvalue weighted by atomic mass is 32.2. The van der Waals surface area contributed by atoms with Gasteiger partial charge in [0.15, 0.2) is 0 Å². The Labute approximate surface area is 210 Å². The van der Waals surface area contributed by atoms with Gasteiger partial charge in [-0.15, -0.1) is 11.8 Å². The van der Waals surface area contributed by atoms with E-state index in [1.807, 2.05) is 38.1 Å². The highest BCUT2D eigenvalue weighted by Crippen LogP contribution is 2.44. The van der Waals surface area contributed by atoms with Crippen LogP contribution in [-0.4, -0.2) is 65.2 Å². The van der Waals surface area contributed by atoms with Crippen LogP contribution in [0.1, 0.15) is 43.7 Å². The van der Waals surface area contributed by atoms with Gasteiger partial charge in [-0.3, -0.25) is 9.59 Å². The molecule has 2 aromatic carbocycles. The number of rotatable bonds is 8. The molecule has 186 valence electrons. The number of hydrogen-bond donors (Lipinski definition) is 2. The van der Waals surface area contributed by atoms with E-state index in [4.69, 9.17) is 4.74 Å². The Kier molecular flexibility index (Phi) is 7.69. The zero-order chi connectivity index (χ0) is 25.0. The molecule has 0 saturated carbocycles. The first kappa shape index (κ1) is 25.1. The van der Waals surface area contributed by atoms with Gasteiger partial charge in [-0.2, -0.15) is 0 Å². The van der Waals surface area contributed by atoms with Gasteiger partial charge in [0.25, 0.3) is 0 Å². The Bertz CT molecular complexity index is 1050. The topological polar surface area (TPSA) is 95.9 Å². The molecule has 2 aliphatic rings. The van der Waals surface area contributed by atoms with Gasteiger partial charge in [0.2, 0.25) is 5.91 Å². The summed E-state index contributed by atoms with van der Waals surface area (Å²) in [6.45, 7) is 4.91. The minimum absolute atomic E-state index is 0.0318. The fraction of sp³-hybridized carbons (Fsp3) is 0.444. The molecule has 1 heterocycles. The maximum atomic E-state index is 13.4. The molecule has 1 fully saturated rings. The molecule has 1 saturated heterocycles. The minimum Gasteiger partial charge on any atom is -0.480 e. The van der Waals surface area contributed by atoms with Crippen molar-refractivity contribution in [2.45, 2.75) is 37.9 Å². The molecule has 0 radical (unpaired) electrons. The second kappa shape index (κ2) is 10.7. The second-order valence-corrected chi connectivity index (χ2v) is 10.4. The number of alkyl carbamates (subject to hydrolysis) is 1. The van der Waals surface area contributed by atoms with Gasteiger partial charge >= 0.3 is 12.1 Å². The van der Waals surface area contributed by atoms with Gasteiger partial charge in [0.1, 0.15) is 11.9 Å². The normalized spacial score (nSPS) is 17.4. The Hall–Kier alpha value is -3.00. The van der Waals surface area contributed by atoms with Gasteiger partial charge in [-0.25, -0.2) is 4.79 Å². The maximum Gasteiger partial charge on any atom is 0.407 e. The molecule has 0 aromatic heterocycles. The first-order valence-corrected chi connectivity index (χ1v) is 13.2. The quantitative estimate of drug-likeness (QED) is 0.564. The van der Waals surface area contributed by atoms with Crippen molar-refractivity contribution in [3.05, 3.63) is 59.7 Å². The van der Waals surface area contributed by atoms with Crippen LogP contribution in [0.4, 0.5) is 4.79 Å². The van der Waals surface area contributed by atoms with Crippen molar-refractivity contribution in [1.29, 1.82) is 0 Å². The molecule has 1 aliphatic heterocycles. The molecule has 7 nitrogen and oxygen atoms in total. The third kappa shape index (κ3) is 5.03. The molecular formula is C27H32N2O5S. The third-order valence-corrected chi connectivity index (χ3v) is 8.52. The van der Waals surface area contributed by atoms with E-state index in [0.717, 1.165) is 22.3 Å². The summed E-state index contributed by atoms with van der Waals surface area (Å²) in [4.78, 5) is 39.2. The number of carbonyl (C=O) groups is 3. The van der Waals surface area contributed by atoms with Crippen molar-refractivity contribution < 1.29 is 24.2 Å². The van der Waals surface area contributed by atoms with E-state index >= 15 is 0 Å². The highest BCUT2D eigenvalue weighted by molar-refractivity contribution is 8.00. The molecule has 1 aliphatic carbocycles. The first-order valence-electron chi connectivity index (χ1n) is 12.1. The Balaban J connectivity index is 1.39. The van der Waals surface area contributed by atoms with Gasteiger partial charge < -0.3 is 20.1 Å². The summed E-state index contributed by atoms with van der Waals surface area (Å²) < 4.78 is 5.64. The number of nitrogens with zero attached hydrogens (tertiary/aromatic N) is 1. The largest absolute Gasteiger partial charge is 0.480 e. The molecule has 1 atom stereocenters. The lowest BCUT2D eigenvalue weighted by molar-refractivity contribution is -0.144. The maximum absolute atomic E-state index is 13.4. The number of carboxylic acid groups (broad SMARTS) is 1. The van der Waals surface area contributed by atoms with Crippen LogP contribution in [0.5, 0.6) is 0 Å². The van der Waals surface area contributed by atoms with E-state index in [1.54, 1.807) is 4.90 Å². The van der Waals surface area contributed by atoms with Gasteiger partial charge in [-0.05, 0) is 35.1 Å². The van der Waals surface area contributed by atoms with E-state index in [0.29, 0.717) is 25.1 Å². The van der Waals surface area contributed by atoms with Crippen LogP contribution in [-0.2, 0) is 14.3 Å². The van der Waals surface area contributed by atoms with Crippen molar-refractivity contribution >= 4 is 29.7 Å². The lowest BCUT2D eigenvalue weighted by Crippen LogP contribution is -2.54. The number of hydrogen-bond acceptors (Lipinski definition) is 5. The number of aliphatic carboxylic acids is 1. The molecule has 0 spiro atoms. The number of carbonyl (C=O) groups excluding carboxylic acids is 2. The van der Waals surface area contributed by atoms with E-state index in [2.05, 4.69) is 29.6 Å². The molecule has 2 aromatic rings. The predicted octanol–water partition coefficient (Wildman–Crippen LogP) is 4.36. The minimum atomic E-state index is -0.900. The summed E-state index contributed by atoms with van der Waals surface area (Å²) in [6, 6.07) is 16.3. The van der Waals surface area contributed by atoms with Gasteiger partial charge in [0, 0.05) is 31.3 Å². The summed E-state index contributed by atoms with van der Waals surface area (Å²) in [7, 11) is 0. The lowest BCUT2D eigenvalue weighted by Gasteiger charge is -2.39. The molecule has 0 bridgehead atoms. The number of nitrogens with one attached hydrogen (secondary N) is 1. The first-order chi connectivity index (χ1) is 16.9. The molecule has 1 unspecified atom stereocenters. The van der Waals surface area contributed by atoms with Crippen LogP contribution in [0.2, 0.25) is 0 Å². The van der Waals surface area contributed by atoms with Crippen molar-refractivity contribution in [3.63, 3.8) is 0 Å². The average molecular weight is 497 g/mol. The standard InChI is InChI=1S/C27H32N2O5S/c1-3-27(4-2,25(32)29-13-14-35-23(15-29)24(30)31)17-28-26(33)34-16-22-20-11-7-5-9-18(20)19-10-6-8-12-21(19)22/h5-12,22-23H,3-4,13-17H2,1-2H3,(H,28,33)(H,30,31). The number of thioether (sulfide) groups is 1. The predicted molar refractivity (Wildman–Crippen MR) is 137 cm³/mol. The van der Waals surface area contributed by atoms with Gasteiger partial charge in [-0.1, -0.05) is 62.4 Å². The van der Waals surface area contributed by atoms with Crippen molar-refractivity contribution in [3.8, 4) is 11.1 Å². The van der Waals surface area contributed by atoms with Crippen LogP contribution in [0, 0.1) is 5.41 Å². The Morgan fingerprint density at radius 3 is 2.23 bits per heavy atom. The lowest BCUT2D eigenvalue weighted by atomic mass is 9.80. The number of fused-ring (bicyclic) bond motifs is 3.